The first kappa shape index (κ1) is 24.9. The molecule has 0 aromatic carbocycles. The van der Waals surface area contributed by atoms with Gasteiger partial charge in [-0.3, -0.25) is 13.6 Å². The van der Waals surface area contributed by atoms with Crippen molar-refractivity contribution < 1.29 is 74.9 Å². The summed E-state index contributed by atoms with van der Waals surface area (Å²) in [6.07, 6.45) is -23.8. The lowest BCUT2D eigenvalue weighted by atomic mass is 9.82. The summed E-state index contributed by atoms with van der Waals surface area (Å²) in [5.74, 6) is -6.89. The maximum Gasteiger partial charge on any atom is 0.333 e. The highest BCUT2D eigenvalue weighted by atomic mass is 31.2. The van der Waals surface area contributed by atoms with Crippen molar-refractivity contribution >= 4 is 7.60 Å². The number of aliphatic hydroxyl groups is 12. The van der Waals surface area contributed by atoms with E-state index in [4.69, 9.17) is 0 Å². The van der Waals surface area contributed by atoms with Crippen molar-refractivity contribution in [3.05, 3.63) is 0 Å². The number of aliphatic hydroxyl groups excluding tert-OH is 10. The first-order chi connectivity index (χ1) is 13.0. The predicted octanol–water partition coefficient (Wildman–Crippen LogP) is -7.14. The fourth-order valence-corrected chi connectivity index (χ4v) is 4.78. The van der Waals surface area contributed by atoms with Gasteiger partial charge in [0, 0.05) is 6.66 Å². The number of hydrogen-bond donors (Lipinski definition) is 12. The molecule has 16 heteroatoms. The molecule has 2 aliphatic carbocycles. The molecule has 12 N–H and O–H groups in total. The van der Waals surface area contributed by atoms with Crippen LogP contribution in [0.4, 0.5) is 0 Å². The lowest BCUT2D eigenvalue weighted by Crippen LogP contribution is -2.72. The molecule has 172 valence electrons. The molecule has 0 radical (unpaired) electrons. The predicted molar refractivity (Wildman–Crippen MR) is 85.7 cm³/mol. The van der Waals surface area contributed by atoms with Gasteiger partial charge in [-0.05, 0) is 0 Å². The summed E-state index contributed by atoms with van der Waals surface area (Å²) in [6, 6.07) is 0. The topological polar surface area (TPSA) is 278 Å². The van der Waals surface area contributed by atoms with E-state index in [0.29, 0.717) is 6.66 Å². The Morgan fingerprint density at radius 2 is 0.759 bits per heavy atom. The highest BCUT2D eigenvalue weighted by molar-refractivity contribution is 7.53. The van der Waals surface area contributed by atoms with E-state index in [9.17, 15) is 65.8 Å². The normalized spacial score (nSPS) is 56.0. The minimum atomic E-state index is -5.00. The third-order valence-corrected chi connectivity index (χ3v) is 6.26. The van der Waals surface area contributed by atoms with Gasteiger partial charge in [0.25, 0.3) is 0 Å². The van der Waals surface area contributed by atoms with E-state index in [1.165, 1.54) is 0 Å². The van der Waals surface area contributed by atoms with Gasteiger partial charge in [-0.15, -0.1) is 0 Å². The summed E-state index contributed by atoms with van der Waals surface area (Å²) in [5.41, 5.74) is 0. The van der Waals surface area contributed by atoms with Gasteiger partial charge < -0.3 is 61.3 Å². The molecule has 2 unspecified atom stereocenters. The van der Waals surface area contributed by atoms with Gasteiger partial charge in [0.05, 0.1) is 0 Å². The maximum absolute atomic E-state index is 12.7. The molecule has 0 amide bonds. The Morgan fingerprint density at radius 1 is 0.552 bits per heavy atom. The van der Waals surface area contributed by atoms with Crippen LogP contribution in [0.3, 0.4) is 0 Å². The molecular formula is C13H25O15P. The first-order valence-corrected chi connectivity index (χ1v) is 10.2. The number of rotatable bonds is 4. The van der Waals surface area contributed by atoms with E-state index in [2.05, 4.69) is 9.05 Å². The number of hydrogen-bond acceptors (Lipinski definition) is 15. The summed E-state index contributed by atoms with van der Waals surface area (Å²) in [6.45, 7) is 0.495. The molecule has 0 saturated heterocycles. The van der Waals surface area contributed by atoms with Crippen LogP contribution in [0.15, 0.2) is 0 Å². The quantitative estimate of drug-likeness (QED) is 0.139. The largest absolute Gasteiger partial charge is 0.387 e. The van der Waals surface area contributed by atoms with Gasteiger partial charge in [-0.1, -0.05) is 0 Å². The Labute approximate surface area is 162 Å². The van der Waals surface area contributed by atoms with E-state index in [0.717, 1.165) is 0 Å². The second kappa shape index (κ2) is 7.98. The molecule has 2 aliphatic rings. The molecule has 0 spiro atoms. The fourth-order valence-electron chi connectivity index (χ4n) is 3.25. The minimum absolute atomic E-state index is 0.495. The van der Waals surface area contributed by atoms with E-state index in [1.54, 1.807) is 0 Å². The Balaban J connectivity index is 2.32. The highest BCUT2D eigenvalue weighted by Crippen LogP contribution is 2.55. The summed E-state index contributed by atoms with van der Waals surface area (Å²) in [7, 11) is -5.00. The zero-order valence-electron chi connectivity index (χ0n) is 14.8. The summed E-state index contributed by atoms with van der Waals surface area (Å²) < 4.78 is 21.9. The van der Waals surface area contributed by atoms with E-state index in [1.807, 2.05) is 0 Å². The minimum Gasteiger partial charge on any atom is -0.387 e. The maximum atomic E-state index is 12.7. The van der Waals surface area contributed by atoms with Crippen molar-refractivity contribution in [2.45, 2.75) is 72.6 Å². The van der Waals surface area contributed by atoms with Gasteiger partial charge in [0.15, 0.2) is 0 Å². The van der Waals surface area contributed by atoms with Gasteiger partial charge >= 0.3 is 7.60 Å². The molecule has 0 heterocycles. The average molecular weight is 452 g/mol. The SMILES string of the molecule is CP(=O)(O[C@]1(O)[C@@H](O)[C@H](O)C(O)[C@H](O)[C@@H]1O)O[C@]1(O)[C@@H](O)[C@H](O)C(O)[C@H](O)[C@@H]1O. The van der Waals surface area contributed by atoms with Crippen LogP contribution in [0.1, 0.15) is 0 Å². The van der Waals surface area contributed by atoms with Gasteiger partial charge in [-0.25, -0.2) is 0 Å². The molecule has 2 rings (SSSR count). The van der Waals surface area contributed by atoms with Crippen LogP contribution in [0.2, 0.25) is 0 Å². The van der Waals surface area contributed by atoms with Crippen molar-refractivity contribution in [1.29, 1.82) is 0 Å². The molecule has 29 heavy (non-hydrogen) atoms. The zero-order chi connectivity index (χ0) is 22.7. The first-order valence-electron chi connectivity index (χ1n) is 8.25. The second-order valence-corrected chi connectivity index (χ2v) is 9.09. The zero-order valence-corrected chi connectivity index (χ0v) is 15.7. The van der Waals surface area contributed by atoms with Gasteiger partial charge in [0.1, 0.15) is 61.0 Å². The van der Waals surface area contributed by atoms with Crippen molar-refractivity contribution in [3.8, 4) is 0 Å². The van der Waals surface area contributed by atoms with E-state index < -0.39 is 80.2 Å². The lowest BCUT2D eigenvalue weighted by molar-refractivity contribution is -0.351. The Kier molecular flexibility index (Phi) is 6.86. The Bertz CT molecular complexity index is 564. The van der Waals surface area contributed by atoms with Crippen molar-refractivity contribution in [1.82, 2.24) is 0 Å². The van der Waals surface area contributed by atoms with Crippen molar-refractivity contribution in [3.63, 3.8) is 0 Å². The van der Waals surface area contributed by atoms with Crippen LogP contribution in [-0.2, 0) is 13.6 Å². The van der Waals surface area contributed by atoms with Gasteiger partial charge in [0.2, 0.25) is 11.6 Å². The van der Waals surface area contributed by atoms with Crippen LogP contribution in [0.5, 0.6) is 0 Å². The average Bonchev–Trinajstić information content (AvgIpc) is 2.64. The fraction of sp³-hybridized carbons (Fsp3) is 1.00. The molecule has 2 fully saturated rings. The molecule has 0 aromatic heterocycles. The molecule has 15 nitrogen and oxygen atoms in total. The summed E-state index contributed by atoms with van der Waals surface area (Å²) >= 11 is 0. The van der Waals surface area contributed by atoms with E-state index >= 15 is 0 Å². The van der Waals surface area contributed by atoms with Crippen LogP contribution in [-0.4, -0.2) is 141 Å². The van der Waals surface area contributed by atoms with Crippen molar-refractivity contribution in [2.75, 3.05) is 6.66 Å². The lowest BCUT2D eigenvalue weighted by Gasteiger charge is -2.50. The van der Waals surface area contributed by atoms with Crippen LogP contribution < -0.4 is 0 Å². The summed E-state index contributed by atoms with van der Waals surface area (Å²) in [4.78, 5) is 0. The molecule has 0 aliphatic heterocycles. The van der Waals surface area contributed by atoms with Crippen molar-refractivity contribution in [2.24, 2.45) is 0 Å². The van der Waals surface area contributed by atoms with Crippen LogP contribution in [0.25, 0.3) is 0 Å². The van der Waals surface area contributed by atoms with E-state index in [-0.39, 0.29) is 0 Å². The smallest absolute Gasteiger partial charge is 0.333 e. The third kappa shape index (κ3) is 3.98. The highest BCUT2D eigenvalue weighted by Gasteiger charge is 2.64. The standard InChI is InChI=1S/C13H25O15P/c1-29(26,27-12(24)8(20)4(16)2(14)5(17)9(12)21)28-13(25)10(22)6(18)3(15)7(19)11(13)23/h2-11,14-25H,1H3/t2?,3?,4-,5+,6-,7+,8-,9-,10-,11-,12-,13-,29?/m0/s1. The monoisotopic (exact) mass is 452 g/mol. The summed E-state index contributed by atoms with van der Waals surface area (Å²) in [5, 5.41) is 118. The van der Waals surface area contributed by atoms with Crippen LogP contribution >= 0.6 is 7.60 Å². The molecular weight excluding hydrogens is 427 g/mol. The van der Waals surface area contributed by atoms with Gasteiger partial charge in [-0.2, -0.15) is 0 Å². The Hall–Kier alpha value is -0.330. The molecule has 0 aromatic rings. The van der Waals surface area contributed by atoms with Crippen LogP contribution in [0, 0.1) is 0 Å². The third-order valence-electron chi connectivity index (χ3n) is 5.01. The molecule has 0 bridgehead atoms. The molecule has 12 atom stereocenters. The second-order valence-electron chi connectivity index (χ2n) is 7.18. The Morgan fingerprint density at radius 3 is 0.966 bits per heavy atom. The molecule has 2 saturated carbocycles.